The van der Waals surface area contributed by atoms with Crippen LogP contribution in [0.4, 0.5) is 4.79 Å². The second-order valence-corrected chi connectivity index (χ2v) is 6.36. The van der Waals surface area contributed by atoms with E-state index in [9.17, 15) is 4.79 Å². The summed E-state index contributed by atoms with van der Waals surface area (Å²) in [7, 11) is 0. The number of carbonyl (C=O) groups excluding carboxylic acids is 1. The van der Waals surface area contributed by atoms with Crippen molar-refractivity contribution < 1.29 is 19.0 Å². The summed E-state index contributed by atoms with van der Waals surface area (Å²) in [4.78, 5) is 10.7. The number of aryl methyl sites for hydroxylation is 1. The summed E-state index contributed by atoms with van der Waals surface area (Å²) in [5.41, 5.74) is 9.01. The number of primary amides is 1. The Hall–Kier alpha value is -2.74. The summed E-state index contributed by atoms with van der Waals surface area (Å²) < 4.78 is 17.8. The lowest BCUT2D eigenvalue weighted by Crippen LogP contribution is -2.24. The molecule has 144 valence electrons. The number of carbonyl (C=O) groups is 1. The van der Waals surface area contributed by atoms with Gasteiger partial charge in [0.2, 0.25) is 0 Å². The maximum atomic E-state index is 10.7. The number of amides is 2. The van der Waals surface area contributed by atoms with Gasteiger partial charge in [0.1, 0.15) is 19.0 Å². The number of hydrazone groups is 1. The molecule has 0 heterocycles. The van der Waals surface area contributed by atoms with Crippen molar-refractivity contribution in [2.24, 2.45) is 10.8 Å². The Morgan fingerprint density at radius 3 is 2.56 bits per heavy atom. The molecular formula is C19H22BrN3O4. The second-order valence-electron chi connectivity index (χ2n) is 5.51. The summed E-state index contributed by atoms with van der Waals surface area (Å²) in [6, 6.07) is 10.7. The maximum absolute atomic E-state index is 10.7. The first-order valence-electron chi connectivity index (χ1n) is 8.36. The number of nitrogens with two attached hydrogens (primary N) is 1. The summed E-state index contributed by atoms with van der Waals surface area (Å²) in [6.45, 7) is 5.13. The Balaban J connectivity index is 2.00. The Morgan fingerprint density at radius 1 is 1.19 bits per heavy atom. The van der Waals surface area contributed by atoms with Crippen LogP contribution in [0.15, 0.2) is 46.0 Å². The molecule has 0 spiro atoms. The highest BCUT2D eigenvalue weighted by molar-refractivity contribution is 9.10. The van der Waals surface area contributed by atoms with Crippen molar-refractivity contribution in [2.45, 2.75) is 13.8 Å². The first-order valence-corrected chi connectivity index (χ1v) is 9.16. The Labute approximate surface area is 166 Å². The summed E-state index contributed by atoms with van der Waals surface area (Å²) >= 11 is 3.47. The molecule has 0 bridgehead atoms. The van der Waals surface area contributed by atoms with Crippen LogP contribution in [-0.4, -0.2) is 32.1 Å². The largest absolute Gasteiger partial charge is 0.490 e. The molecule has 0 saturated carbocycles. The Bertz CT molecular complexity index is 794. The maximum Gasteiger partial charge on any atom is 0.332 e. The second kappa shape index (κ2) is 10.4. The van der Waals surface area contributed by atoms with E-state index in [2.05, 4.69) is 26.5 Å². The normalized spacial score (nSPS) is 10.6. The van der Waals surface area contributed by atoms with Crippen LogP contribution in [0.1, 0.15) is 18.1 Å². The Morgan fingerprint density at radius 2 is 1.89 bits per heavy atom. The molecule has 0 aliphatic rings. The van der Waals surface area contributed by atoms with Crippen LogP contribution in [0.2, 0.25) is 0 Å². The molecule has 0 unspecified atom stereocenters. The van der Waals surface area contributed by atoms with Gasteiger partial charge >= 0.3 is 6.03 Å². The molecule has 0 aliphatic carbocycles. The third-order valence-electron chi connectivity index (χ3n) is 3.34. The van der Waals surface area contributed by atoms with Crippen molar-refractivity contribution in [3.8, 4) is 17.2 Å². The van der Waals surface area contributed by atoms with Gasteiger partial charge in [-0.05, 0) is 59.6 Å². The lowest BCUT2D eigenvalue weighted by Gasteiger charge is -2.15. The fourth-order valence-electron chi connectivity index (χ4n) is 2.17. The molecule has 27 heavy (non-hydrogen) atoms. The number of nitrogens with zero attached hydrogens (tertiary/aromatic N) is 1. The number of rotatable bonds is 9. The number of benzene rings is 2. The highest BCUT2D eigenvalue weighted by Crippen LogP contribution is 2.36. The Kier molecular flexibility index (Phi) is 7.94. The molecule has 0 atom stereocenters. The van der Waals surface area contributed by atoms with Gasteiger partial charge in [0.05, 0.1) is 17.3 Å². The number of hydrogen-bond acceptors (Lipinski definition) is 5. The van der Waals surface area contributed by atoms with Crippen LogP contribution < -0.4 is 25.4 Å². The van der Waals surface area contributed by atoms with E-state index in [1.165, 1.54) is 11.8 Å². The van der Waals surface area contributed by atoms with Crippen molar-refractivity contribution >= 4 is 28.2 Å². The smallest absolute Gasteiger partial charge is 0.332 e. The standard InChI is InChI=1S/C19H22BrN3O4/c1-3-25-17-11-14(12-22-23-19(21)24)10-16(20)18(17)27-9-8-26-15-6-4-13(2)5-7-15/h4-7,10-12H,3,8-9H2,1-2H3,(H3,21,23,24)/b22-12+. The SMILES string of the molecule is CCOc1cc(/C=N/NC(N)=O)cc(Br)c1OCCOc1ccc(C)cc1. The van der Waals surface area contributed by atoms with Crippen LogP contribution in [0.3, 0.4) is 0 Å². The molecule has 7 nitrogen and oxygen atoms in total. The van der Waals surface area contributed by atoms with Gasteiger partial charge in [-0.1, -0.05) is 17.7 Å². The van der Waals surface area contributed by atoms with Crippen LogP contribution >= 0.6 is 15.9 Å². The highest BCUT2D eigenvalue weighted by Gasteiger charge is 2.12. The zero-order chi connectivity index (χ0) is 19.6. The van der Waals surface area contributed by atoms with E-state index in [-0.39, 0.29) is 0 Å². The third-order valence-corrected chi connectivity index (χ3v) is 3.93. The molecule has 0 aliphatic heterocycles. The van der Waals surface area contributed by atoms with E-state index in [1.807, 2.05) is 38.1 Å². The average Bonchev–Trinajstić information content (AvgIpc) is 2.62. The van der Waals surface area contributed by atoms with Crippen molar-refractivity contribution in [3.05, 3.63) is 52.0 Å². The molecule has 0 radical (unpaired) electrons. The van der Waals surface area contributed by atoms with Gasteiger partial charge in [0, 0.05) is 0 Å². The summed E-state index contributed by atoms with van der Waals surface area (Å²) in [5.74, 6) is 1.92. The number of urea groups is 1. The monoisotopic (exact) mass is 435 g/mol. The van der Waals surface area contributed by atoms with Gasteiger partial charge in [-0.3, -0.25) is 0 Å². The quantitative estimate of drug-likeness (QED) is 0.357. The first kappa shape index (κ1) is 20.6. The third kappa shape index (κ3) is 6.82. The van der Waals surface area contributed by atoms with Crippen molar-refractivity contribution in [1.82, 2.24) is 5.43 Å². The van der Waals surface area contributed by atoms with Crippen molar-refractivity contribution in [1.29, 1.82) is 0 Å². The topological polar surface area (TPSA) is 95.2 Å². The molecule has 0 fully saturated rings. The molecule has 3 N–H and O–H groups in total. The van der Waals surface area contributed by atoms with E-state index in [0.29, 0.717) is 41.4 Å². The number of hydrogen-bond donors (Lipinski definition) is 2. The minimum atomic E-state index is -0.733. The van der Waals surface area contributed by atoms with Crippen LogP contribution in [0, 0.1) is 6.92 Å². The van der Waals surface area contributed by atoms with Crippen LogP contribution in [0.5, 0.6) is 17.2 Å². The van der Waals surface area contributed by atoms with Gasteiger partial charge in [-0.15, -0.1) is 0 Å². The predicted molar refractivity (Wildman–Crippen MR) is 108 cm³/mol. The molecule has 8 heteroatoms. The average molecular weight is 436 g/mol. The van der Waals surface area contributed by atoms with E-state index in [0.717, 1.165) is 5.75 Å². The minimum Gasteiger partial charge on any atom is -0.490 e. The molecule has 0 saturated heterocycles. The number of nitrogens with one attached hydrogen (secondary N) is 1. The predicted octanol–water partition coefficient (Wildman–Crippen LogP) is 3.62. The molecule has 2 rings (SSSR count). The summed E-state index contributed by atoms with van der Waals surface area (Å²) in [6.07, 6.45) is 1.46. The highest BCUT2D eigenvalue weighted by atomic mass is 79.9. The molecule has 0 aromatic heterocycles. The van der Waals surface area contributed by atoms with Crippen molar-refractivity contribution in [3.63, 3.8) is 0 Å². The van der Waals surface area contributed by atoms with Gasteiger partial charge in [0.25, 0.3) is 0 Å². The lowest BCUT2D eigenvalue weighted by atomic mass is 10.2. The van der Waals surface area contributed by atoms with E-state index in [4.69, 9.17) is 19.9 Å². The lowest BCUT2D eigenvalue weighted by molar-refractivity contribution is 0.207. The minimum absolute atomic E-state index is 0.350. The van der Waals surface area contributed by atoms with Gasteiger partial charge in [-0.2, -0.15) is 5.10 Å². The van der Waals surface area contributed by atoms with Gasteiger partial charge in [0.15, 0.2) is 11.5 Å². The molecule has 2 aromatic carbocycles. The molecular weight excluding hydrogens is 414 g/mol. The first-order chi connectivity index (χ1) is 13.0. The zero-order valence-electron chi connectivity index (χ0n) is 15.2. The van der Waals surface area contributed by atoms with Crippen LogP contribution in [-0.2, 0) is 0 Å². The summed E-state index contributed by atoms with van der Waals surface area (Å²) in [5, 5.41) is 3.74. The van der Waals surface area contributed by atoms with E-state index in [1.54, 1.807) is 12.1 Å². The van der Waals surface area contributed by atoms with E-state index < -0.39 is 6.03 Å². The van der Waals surface area contributed by atoms with Gasteiger partial charge < -0.3 is 19.9 Å². The number of ether oxygens (including phenoxy) is 3. The van der Waals surface area contributed by atoms with E-state index >= 15 is 0 Å². The van der Waals surface area contributed by atoms with Crippen LogP contribution in [0.25, 0.3) is 0 Å². The zero-order valence-corrected chi connectivity index (χ0v) is 16.8. The number of halogens is 1. The van der Waals surface area contributed by atoms with Crippen molar-refractivity contribution in [2.75, 3.05) is 19.8 Å². The van der Waals surface area contributed by atoms with Gasteiger partial charge in [-0.25, -0.2) is 10.2 Å². The molecule has 2 aromatic rings. The molecule has 2 amide bonds. The fraction of sp³-hybridized carbons (Fsp3) is 0.263. The fourth-order valence-corrected chi connectivity index (χ4v) is 2.75.